The third-order valence-electron chi connectivity index (χ3n) is 3.83. The van der Waals surface area contributed by atoms with E-state index < -0.39 is 0 Å². The molecule has 5 nitrogen and oxygen atoms in total. The number of rotatable bonds is 2. The van der Waals surface area contributed by atoms with Gasteiger partial charge >= 0.3 is 0 Å². The number of carbonyl (C=O) groups excluding carboxylic acids is 1. The number of amides is 1. The fourth-order valence-electron chi connectivity index (χ4n) is 2.68. The maximum Gasteiger partial charge on any atom is 0.261 e. The summed E-state index contributed by atoms with van der Waals surface area (Å²) < 4.78 is 1.85. The van der Waals surface area contributed by atoms with Crippen LogP contribution in [-0.4, -0.2) is 27.2 Å². The molecule has 0 aliphatic carbocycles. The molecular formula is C15H18N4O. The van der Waals surface area contributed by atoms with Crippen molar-refractivity contribution in [3.05, 3.63) is 41.0 Å². The first-order valence-corrected chi connectivity index (χ1v) is 6.91. The monoisotopic (exact) mass is 270 g/mol. The summed E-state index contributed by atoms with van der Waals surface area (Å²) in [6.45, 7) is 7.42. The van der Waals surface area contributed by atoms with Crippen molar-refractivity contribution in [2.75, 3.05) is 11.4 Å². The Morgan fingerprint density at radius 3 is 2.85 bits per heavy atom. The molecule has 0 saturated carbocycles. The van der Waals surface area contributed by atoms with E-state index in [1.54, 1.807) is 6.20 Å². The standard InChI is InChI=1S/C15H18N4O/c1-4-19-11(3)12(9-17-19)15(20)18-6-5-13-14(18)7-10(2)8-16-13/h7-9H,4-6H2,1-3H3. The largest absolute Gasteiger partial charge is 0.306 e. The molecule has 0 aromatic carbocycles. The summed E-state index contributed by atoms with van der Waals surface area (Å²) in [6.07, 6.45) is 4.35. The number of pyridine rings is 1. The number of anilines is 1. The second-order valence-electron chi connectivity index (χ2n) is 5.14. The highest BCUT2D eigenvalue weighted by atomic mass is 16.2. The lowest BCUT2D eigenvalue weighted by Gasteiger charge is -2.17. The average molecular weight is 270 g/mol. The minimum Gasteiger partial charge on any atom is -0.306 e. The first-order valence-electron chi connectivity index (χ1n) is 6.91. The zero-order valence-corrected chi connectivity index (χ0v) is 12.1. The van der Waals surface area contributed by atoms with Crippen LogP contribution in [0.3, 0.4) is 0 Å². The topological polar surface area (TPSA) is 51.0 Å². The average Bonchev–Trinajstić information content (AvgIpc) is 3.01. The molecule has 0 saturated heterocycles. The first kappa shape index (κ1) is 12.8. The number of carbonyl (C=O) groups is 1. The maximum atomic E-state index is 12.7. The van der Waals surface area contributed by atoms with Crippen molar-refractivity contribution in [3.8, 4) is 0 Å². The van der Waals surface area contributed by atoms with E-state index in [2.05, 4.69) is 10.1 Å². The van der Waals surface area contributed by atoms with Crippen LogP contribution >= 0.6 is 0 Å². The third kappa shape index (κ3) is 1.90. The van der Waals surface area contributed by atoms with Gasteiger partial charge in [-0.15, -0.1) is 0 Å². The van der Waals surface area contributed by atoms with Gasteiger partial charge in [0.15, 0.2) is 0 Å². The van der Waals surface area contributed by atoms with Crippen molar-refractivity contribution in [3.63, 3.8) is 0 Å². The zero-order chi connectivity index (χ0) is 14.3. The van der Waals surface area contributed by atoms with Crippen LogP contribution in [0.1, 0.15) is 34.2 Å². The minimum atomic E-state index is 0.0216. The fraction of sp³-hybridized carbons (Fsp3) is 0.400. The van der Waals surface area contributed by atoms with Gasteiger partial charge in [0.05, 0.1) is 23.1 Å². The molecule has 0 spiro atoms. The molecule has 0 unspecified atom stereocenters. The number of hydrogen-bond donors (Lipinski definition) is 0. The summed E-state index contributed by atoms with van der Waals surface area (Å²) in [5.74, 6) is 0.0216. The molecule has 104 valence electrons. The summed E-state index contributed by atoms with van der Waals surface area (Å²) in [6, 6.07) is 2.03. The second-order valence-corrected chi connectivity index (χ2v) is 5.14. The van der Waals surface area contributed by atoms with Gasteiger partial charge in [0.1, 0.15) is 0 Å². The van der Waals surface area contributed by atoms with Crippen LogP contribution in [0.15, 0.2) is 18.5 Å². The van der Waals surface area contributed by atoms with Crippen molar-refractivity contribution in [1.82, 2.24) is 14.8 Å². The van der Waals surface area contributed by atoms with E-state index in [9.17, 15) is 4.79 Å². The van der Waals surface area contributed by atoms with Gasteiger partial charge in [-0.25, -0.2) is 0 Å². The van der Waals surface area contributed by atoms with Crippen LogP contribution in [-0.2, 0) is 13.0 Å². The molecule has 0 N–H and O–H groups in total. The summed E-state index contributed by atoms with van der Waals surface area (Å²) in [7, 11) is 0. The Labute approximate surface area is 118 Å². The minimum absolute atomic E-state index is 0.0216. The molecule has 1 amide bonds. The Morgan fingerprint density at radius 1 is 1.35 bits per heavy atom. The molecule has 0 fully saturated rings. The van der Waals surface area contributed by atoms with Gasteiger partial charge in [0, 0.05) is 31.4 Å². The Morgan fingerprint density at radius 2 is 2.15 bits per heavy atom. The highest BCUT2D eigenvalue weighted by molar-refractivity contribution is 6.07. The van der Waals surface area contributed by atoms with E-state index in [0.717, 1.165) is 35.6 Å². The zero-order valence-electron chi connectivity index (χ0n) is 12.1. The van der Waals surface area contributed by atoms with E-state index in [1.807, 2.05) is 42.6 Å². The van der Waals surface area contributed by atoms with Crippen molar-refractivity contribution in [2.45, 2.75) is 33.7 Å². The van der Waals surface area contributed by atoms with Crippen LogP contribution in [0.25, 0.3) is 0 Å². The van der Waals surface area contributed by atoms with E-state index in [1.165, 1.54) is 0 Å². The van der Waals surface area contributed by atoms with Gasteiger partial charge in [0.25, 0.3) is 5.91 Å². The SMILES string of the molecule is CCn1ncc(C(=O)N2CCc3ncc(C)cc32)c1C. The Hall–Kier alpha value is -2.17. The van der Waals surface area contributed by atoms with E-state index in [-0.39, 0.29) is 5.91 Å². The quantitative estimate of drug-likeness (QED) is 0.840. The highest BCUT2D eigenvalue weighted by Gasteiger charge is 2.28. The van der Waals surface area contributed by atoms with Crippen LogP contribution in [0.4, 0.5) is 5.69 Å². The molecule has 20 heavy (non-hydrogen) atoms. The predicted octanol–water partition coefficient (Wildman–Crippen LogP) is 2.12. The Bertz CT molecular complexity index is 675. The maximum absolute atomic E-state index is 12.7. The molecule has 3 rings (SSSR count). The molecular weight excluding hydrogens is 252 g/mol. The fourth-order valence-corrected chi connectivity index (χ4v) is 2.68. The van der Waals surface area contributed by atoms with Crippen molar-refractivity contribution < 1.29 is 4.79 Å². The molecule has 2 aromatic rings. The number of nitrogens with zero attached hydrogens (tertiary/aromatic N) is 4. The predicted molar refractivity (Wildman–Crippen MR) is 77.0 cm³/mol. The third-order valence-corrected chi connectivity index (χ3v) is 3.83. The molecule has 1 aliphatic heterocycles. The molecule has 3 heterocycles. The molecule has 0 atom stereocenters. The van der Waals surface area contributed by atoms with E-state index in [0.29, 0.717) is 12.1 Å². The van der Waals surface area contributed by atoms with Gasteiger partial charge in [-0.3, -0.25) is 14.5 Å². The first-order chi connectivity index (χ1) is 9.61. The molecule has 5 heteroatoms. The van der Waals surface area contributed by atoms with Crippen LogP contribution in [0, 0.1) is 13.8 Å². The van der Waals surface area contributed by atoms with Crippen LogP contribution < -0.4 is 4.90 Å². The lowest BCUT2D eigenvalue weighted by Crippen LogP contribution is -2.29. The lowest BCUT2D eigenvalue weighted by atomic mass is 10.2. The normalized spacial score (nSPS) is 13.7. The number of hydrogen-bond acceptors (Lipinski definition) is 3. The van der Waals surface area contributed by atoms with Gasteiger partial charge in [-0.1, -0.05) is 0 Å². The second kappa shape index (κ2) is 4.74. The molecule has 2 aromatic heterocycles. The lowest BCUT2D eigenvalue weighted by molar-refractivity contribution is 0.0988. The Kier molecular flexibility index (Phi) is 3.04. The van der Waals surface area contributed by atoms with Gasteiger partial charge in [0.2, 0.25) is 0 Å². The van der Waals surface area contributed by atoms with Gasteiger partial charge < -0.3 is 4.90 Å². The summed E-state index contributed by atoms with van der Waals surface area (Å²) in [5, 5.41) is 4.25. The van der Waals surface area contributed by atoms with E-state index in [4.69, 9.17) is 0 Å². The van der Waals surface area contributed by atoms with Gasteiger partial charge in [-0.2, -0.15) is 5.10 Å². The van der Waals surface area contributed by atoms with Crippen molar-refractivity contribution >= 4 is 11.6 Å². The van der Waals surface area contributed by atoms with Gasteiger partial charge in [-0.05, 0) is 32.4 Å². The smallest absolute Gasteiger partial charge is 0.261 e. The molecule has 0 radical (unpaired) electrons. The van der Waals surface area contributed by atoms with Crippen LogP contribution in [0.5, 0.6) is 0 Å². The summed E-state index contributed by atoms with van der Waals surface area (Å²) in [5.41, 5.74) is 4.63. The van der Waals surface area contributed by atoms with Crippen molar-refractivity contribution in [2.24, 2.45) is 0 Å². The number of aryl methyl sites for hydroxylation is 2. The number of aromatic nitrogens is 3. The summed E-state index contributed by atoms with van der Waals surface area (Å²) in [4.78, 5) is 18.9. The summed E-state index contributed by atoms with van der Waals surface area (Å²) >= 11 is 0. The Balaban J connectivity index is 1.97. The van der Waals surface area contributed by atoms with Crippen molar-refractivity contribution in [1.29, 1.82) is 0 Å². The van der Waals surface area contributed by atoms with E-state index >= 15 is 0 Å². The highest BCUT2D eigenvalue weighted by Crippen LogP contribution is 2.28. The van der Waals surface area contributed by atoms with Crippen LogP contribution in [0.2, 0.25) is 0 Å². The molecule has 1 aliphatic rings. The number of fused-ring (bicyclic) bond motifs is 1. The molecule has 0 bridgehead atoms.